The predicted octanol–water partition coefficient (Wildman–Crippen LogP) is 2.75. The maximum atomic E-state index is 10.5. The number of hydrogen-bond donors (Lipinski definition) is 1. The van der Waals surface area contributed by atoms with Crippen LogP contribution in [0.2, 0.25) is 0 Å². The van der Waals surface area contributed by atoms with Gasteiger partial charge in [-0.2, -0.15) is 0 Å². The molecule has 96 valence electrons. The fraction of sp³-hybridized carbons (Fsp3) is 0.214. The van der Waals surface area contributed by atoms with E-state index in [1.165, 1.54) is 0 Å². The first-order valence-electron chi connectivity index (χ1n) is 5.38. The summed E-state index contributed by atoms with van der Waals surface area (Å²) in [6.45, 7) is 1.73. The van der Waals surface area contributed by atoms with Crippen molar-refractivity contribution in [2.45, 2.75) is 6.92 Å². The fourth-order valence-corrected chi connectivity index (χ4v) is 1.43. The highest BCUT2D eigenvalue weighted by Crippen LogP contribution is 2.28. The van der Waals surface area contributed by atoms with Crippen LogP contribution >= 0.6 is 0 Å². The van der Waals surface area contributed by atoms with Crippen LogP contribution in [-0.2, 0) is 4.79 Å². The molecule has 1 aromatic carbocycles. The summed E-state index contributed by atoms with van der Waals surface area (Å²) in [5.41, 5.74) is 1.57. The Labute approximate surface area is 106 Å². The number of carboxylic acids is 1. The van der Waals surface area contributed by atoms with Crippen LogP contribution in [0.15, 0.2) is 35.9 Å². The minimum absolute atomic E-state index is 0.638. The quantitative estimate of drug-likeness (QED) is 0.643. The largest absolute Gasteiger partial charge is 0.493 e. The summed E-state index contributed by atoms with van der Waals surface area (Å²) in [4.78, 5) is 10.5. The molecule has 1 aromatic rings. The van der Waals surface area contributed by atoms with E-state index in [1.807, 2.05) is 18.2 Å². The van der Waals surface area contributed by atoms with Crippen LogP contribution in [0.4, 0.5) is 0 Å². The zero-order chi connectivity index (χ0) is 13.5. The van der Waals surface area contributed by atoms with E-state index in [-0.39, 0.29) is 0 Å². The molecule has 4 nitrogen and oxygen atoms in total. The molecular formula is C14H16O4. The van der Waals surface area contributed by atoms with Gasteiger partial charge in [-0.15, -0.1) is 0 Å². The van der Waals surface area contributed by atoms with E-state index >= 15 is 0 Å². The lowest BCUT2D eigenvalue weighted by atomic mass is 10.1. The highest BCUT2D eigenvalue weighted by molar-refractivity contribution is 5.81. The maximum absolute atomic E-state index is 10.5. The Morgan fingerprint density at radius 2 is 1.89 bits per heavy atom. The van der Waals surface area contributed by atoms with Gasteiger partial charge in [0.25, 0.3) is 0 Å². The summed E-state index contributed by atoms with van der Waals surface area (Å²) in [6, 6.07) is 5.49. The van der Waals surface area contributed by atoms with E-state index in [1.54, 1.807) is 33.3 Å². The Kier molecular flexibility index (Phi) is 4.99. The Balaban J connectivity index is 2.92. The lowest BCUT2D eigenvalue weighted by Gasteiger charge is -2.07. The van der Waals surface area contributed by atoms with Crippen molar-refractivity contribution < 1.29 is 19.4 Å². The SMILES string of the molecule is COc1ccc(/C=C/C(C)=C/C(=O)O)cc1OC. The van der Waals surface area contributed by atoms with E-state index in [4.69, 9.17) is 14.6 Å². The third-order valence-electron chi connectivity index (χ3n) is 2.30. The number of carbonyl (C=O) groups is 1. The second-order valence-electron chi connectivity index (χ2n) is 3.67. The van der Waals surface area contributed by atoms with Gasteiger partial charge in [0.2, 0.25) is 0 Å². The summed E-state index contributed by atoms with van der Waals surface area (Å²) in [6.07, 6.45) is 4.70. The summed E-state index contributed by atoms with van der Waals surface area (Å²) < 4.78 is 10.3. The maximum Gasteiger partial charge on any atom is 0.328 e. The lowest BCUT2D eigenvalue weighted by molar-refractivity contribution is -0.131. The van der Waals surface area contributed by atoms with Gasteiger partial charge < -0.3 is 14.6 Å². The minimum Gasteiger partial charge on any atom is -0.493 e. The van der Waals surface area contributed by atoms with Crippen LogP contribution in [0.3, 0.4) is 0 Å². The summed E-state index contributed by atoms with van der Waals surface area (Å²) in [7, 11) is 3.15. The van der Waals surface area contributed by atoms with Gasteiger partial charge in [0, 0.05) is 6.08 Å². The van der Waals surface area contributed by atoms with Crippen molar-refractivity contribution in [3.8, 4) is 11.5 Å². The highest BCUT2D eigenvalue weighted by Gasteiger charge is 2.02. The van der Waals surface area contributed by atoms with Crippen LogP contribution in [0.1, 0.15) is 12.5 Å². The van der Waals surface area contributed by atoms with E-state index in [2.05, 4.69) is 0 Å². The number of hydrogen-bond acceptors (Lipinski definition) is 3. The zero-order valence-corrected chi connectivity index (χ0v) is 10.6. The molecule has 0 radical (unpaired) electrons. The third-order valence-corrected chi connectivity index (χ3v) is 2.30. The van der Waals surface area contributed by atoms with Gasteiger partial charge in [0.05, 0.1) is 14.2 Å². The van der Waals surface area contributed by atoms with Gasteiger partial charge in [0.15, 0.2) is 11.5 Å². The molecule has 0 bridgehead atoms. The number of ether oxygens (including phenoxy) is 2. The molecule has 0 saturated heterocycles. The second kappa shape index (κ2) is 6.49. The van der Waals surface area contributed by atoms with E-state index in [9.17, 15) is 4.79 Å². The summed E-state index contributed by atoms with van der Waals surface area (Å²) in [5.74, 6) is 0.344. The molecule has 0 aromatic heterocycles. The van der Waals surface area contributed by atoms with Gasteiger partial charge in [0.1, 0.15) is 0 Å². The topological polar surface area (TPSA) is 55.8 Å². The van der Waals surface area contributed by atoms with E-state index in [0.29, 0.717) is 17.1 Å². The molecule has 0 fully saturated rings. The number of benzene rings is 1. The van der Waals surface area contributed by atoms with E-state index in [0.717, 1.165) is 11.6 Å². The van der Waals surface area contributed by atoms with Crippen molar-refractivity contribution in [1.29, 1.82) is 0 Å². The highest BCUT2D eigenvalue weighted by atomic mass is 16.5. The van der Waals surface area contributed by atoms with Crippen molar-refractivity contribution in [1.82, 2.24) is 0 Å². The van der Waals surface area contributed by atoms with Crippen molar-refractivity contribution in [3.63, 3.8) is 0 Å². The molecule has 0 unspecified atom stereocenters. The number of methoxy groups -OCH3 is 2. The van der Waals surface area contributed by atoms with E-state index < -0.39 is 5.97 Å². The average molecular weight is 248 g/mol. The lowest BCUT2D eigenvalue weighted by Crippen LogP contribution is -1.90. The smallest absolute Gasteiger partial charge is 0.328 e. The molecule has 0 heterocycles. The van der Waals surface area contributed by atoms with Crippen LogP contribution < -0.4 is 9.47 Å². The molecule has 1 N–H and O–H groups in total. The molecule has 0 aliphatic heterocycles. The van der Waals surface area contributed by atoms with Gasteiger partial charge >= 0.3 is 5.97 Å². The number of allylic oxidation sites excluding steroid dienone is 2. The normalized spacial score (nSPS) is 11.6. The standard InChI is InChI=1S/C14H16O4/c1-10(8-14(15)16)4-5-11-6-7-12(17-2)13(9-11)18-3/h4-9H,1-3H3,(H,15,16)/b5-4+,10-8+. The number of aliphatic carboxylic acids is 1. The van der Waals surface area contributed by atoms with Crippen LogP contribution in [0, 0.1) is 0 Å². The number of carboxylic acid groups (broad SMARTS) is 1. The van der Waals surface area contributed by atoms with Gasteiger partial charge in [-0.25, -0.2) is 4.79 Å². The van der Waals surface area contributed by atoms with Gasteiger partial charge in [-0.05, 0) is 30.2 Å². The molecule has 18 heavy (non-hydrogen) atoms. The zero-order valence-electron chi connectivity index (χ0n) is 10.6. The average Bonchev–Trinajstić information content (AvgIpc) is 2.35. The van der Waals surface area contributed by atoms with Crippen molar-refractivity contribution in [2.24, 2.45) is 0 Å². The Morgan fingerprint density at radius 3 is 2.44 bits per heavy atom. The summed E-state index contributed by atoms with van der Waals surface area (Å²) in [5, 5.41) is 8.58. The third kappa shape index (κ3) is 3.97. The first-order valence-corrected chi connectivity index (χ1v) is 5.38. The molecule has 0 aliphatic carbocycles. The molecule has 0 aliphatic rings. The predicted molar refractivity (Wildman–Crippen MR) is 70.0 cm³/mol. The molecule has 0 atom stereocenters. The van der Waals surface area contributed by atoms with Crippen LogP contribution in [-0.4, -0.2) is 25.3 Å². The molecule has 0 amide bonds. The Morgan fingerprint density at radius 1 is 1.22 bits per heavy atom. The monoisotopic (exact) mass is 248 g/mol. The summed E-state index contributed by atoms with van der Waals surface area (Å²) >= 11 is 0. The molecular weight excluding hydrogens is 232 g/mol. The van der Waals surface area contributed by atoms with Crippen molar-refractivity contribution >= 4 is 12.0 Å². The fourth-order valence-electron chi connectivity index (χ4n) is 1.43. The Hall–Kier alpha value is -2.23. The molecule has 0 spiro atoms. The molecule has 0 saturated carbocycles. The van der Waals surface area contributed by atoms with Gasteiger partial charge in [-0.3, -0.25) is 0 Å². The van der Waals surface area contributed by atoms with Crippen LogP contribution in [0.5, 0.6) is 11.5 Å². The van der Waals surface area contributed by atoms with Gasteiger partial charge in [-0.1, -0.05) is 18.2 Å². The van der Waals surface area contributed by atoms with Crippen LogP contribution in [0.25, 0.3) is 6.08 Å². The molecule has 1 rings (SSSR count). The first kappa shape index (κ1) is 13.8. The number of rotatable bonds is 5. The van der Waals surface area contributed by atoms with Crippen molar-refractivity contribution in [3.05, 3.63) is 41.5 Å². The van der Waals surface area contributed by atoms with Crippen molar-refractivity contribution in [2.75, 3.05) is 14.2 Å². The molecule has 4 heteroatoms. The Bertz CT molecular complexity index is 487. The minimum atomic E-state index is -0.954. The second-order valence-corrected chi connectivity index (χ2v) is 3.67. The first-order chi connectivity index (χ1) is 8.56.